The van der Waals surface area contributed by atoms with E-state index in [2.05, 4.69) is 37.4 Å². The number of amides is 2. The molecule has 2 amide bonds. The quantitative estimate of drug-likeness (QED) is 0.391. The lowest BCUT2D eigenvalue weighted by atomic mass is 10.1. The van der Waals surface area contributed by atoms with Crippen molar-refractivity contribution in [1.29, 1.82) is 0 Å². The molecular formula is C25H34N7O4+. The number of carbonyl (C=O) groups excluding carboxylic acids is 1. The molecule has 0 radical (unpaired) electrons. The molecule has 2 aliphatic heterocycles. The van der Waals surface area contributed by atoms with Gasteiger partial charge in [0.1, 0.15) is 25.5 Å². The van der Waals surface area contributed by atoms with Crippen LogP contribution in [0.5, 0.6) is 5.88 Å². The number of nitrogens with one attached hydrogen (secondary N) is 4. The highest BCUT2D eigenvalue weighted by Crippen LogP contribution is 2.24. The third-order valence-electron chi connectivity index (χ3n) is 6.68. The molecule has 0 saturated carbocycles. The van der Waals surface area contributed by atoms with E-state index in [0.29, 0.717) is 43.2 Å². The fraction of sp³-hybridized carbons (Fsp3) is 0.480. The van der Waals surface area contributed by atoms with Crippen molar-refractivity contribution in [3.8, 4) is 5.88 Å². The Morgan fingerprint density at radius 1 is 1.08 bits per heavy atom. The number of aryl methyl sites for hydroxylation is 2. The normalized spacial score (nSPS) is 17.3. The van der Waals surface area contributed by atoms with E-state index in [1.165, 1.54) is 5.56 Å². The van der Waals surface area contributed by atoms with Crippen molar-refractivity contribution in [3.63, 3.8) is 0 Å². The summed E-state index contributed by atoms with van der Waals surface area (Å²) < 4.78 is 16.9. The van der Waals surface area contributed by atoms with Gasteiger partial charge in [0.25, 0.3) is 0 Å². The van der Waals surface area contributed by atoms with E-state index in [4.69, 9.17) is 14.2 Å². The van der Waals surface area contributed by atoms with E-state index in [1.807, 2.05) is 25.1 Å². The number of urea groups is 1. The van der Waals surface area contributed by atoms with E-state index in [1.54, 1.807) is 6.07 Å². The summed E-state index contributed by atoms with van der Waals surface area (Å²) in [6, 6.07) is 7.11. The number of H-pyrrole nitrogens is 1. The number of aromatic amines is 1. The number of aromatic nitrogens is 3. The van der Waals surface area contributed by atoms with Gasteiger partial charge in [-0.15, -0.1) is 4.98 Å². The number of carbonyl (C=O) groups is 1. The molecule has 0 bridgehead atoms. The summed E-state index contributed by atoms with van der Waals surface area (Å²) in [4.78, 5) is 28.9. The lowest BCUT2D eigenvalue weighted by Gasteiger charge is -2.26. The van der Waals surface area contributed by atoms with Crippen molar-refractivity contribution in [2.24, 2.45) is 0 Å². The van der Waals surface area contributed by atoms with Gasteiger partial charge in [0.15, 0.2) is 0 Å². The minimum atomic E-state index is -0.375. The molecular weight excluding hydrogens is 462 g/mol. The summed E-state index contributed by atoms with van der Waals surface area (Å²) in [5.41, 5.74) is 4.04. The van der Waals surface area contributed by atoms with Gasteiger partial charge >= 0.3 is 12.0 Å². The SMILES string of the molecule is Cc1[nH]c2ccc(NC(=O)Nc3cc(OCCN4CCOCC4)nc([NH+]4CCOCC4)n3)cc2c1C. The molecule has 0 atom stereocenters. The Bertz CT molecular complexity index is 1200. The lowest BCUT2D eigenvalue weighted by Crippen LogP contribution is -3.10. The molecule has 2 saturated heterocycles. The largest absolute Gasteiger partial charge is 0.476 e. The number of morpholine rings is 2. The number of benzene rings is 1. The van der Waals surface area contributed by atoms with Crippen LogP contribution in [0.25, 0.3) is 10.9 Å². The zero-order valence-corrected chi connectivity index (χ0v) is 20.9. The zero-order valence-electron chi connectivity index (χ0n) is 20.9. The van der Waals surface area contributed by atoms with Crippen molar-refractivity contribution < 1.29 is 23.9 Å². The van der Waals surface area contributed by atoms with Crippen LogP contribution < -0.4 is 20.3 Å². The molecule has 5 rings (SSSR count). The van der Waals surface area contributed by atoms with Crippen LogP contribution >= 0.6 is 0 Å². The molecule has 11 nitrogen and oxygen atoms in total. The van der Waals surface area contributed by atoms with Gasteiger partial charge < -0.3 is 24.5 Å². The number of rotatable bonds is 7. The van der Waals surface area contributed by atoms with Crippen LogP contribution in [0.3, 0.4) is 0 Å². The van der Waals surface area contributed by atoms with Gasteiger partial charge in [0.05, 0.1) is 26.4 Å². The summed E-state index contributed by atoms with van der Waals surface area (Å²) in [5.74, 6) is 1.44. The smallest absolute Gasteiger partial charge is 0.332 e. The Labute approximate surface area is 210 Å². The maximum atomic E-state index is 12.9. The average Bonchev–Trinajstić information content (AvgIpc) is 3.18. The van der Waals surface area contributed by atoms with E-state index in [0.717, 1.165) is 67.4 Å². The summed E-state index contributed by atoms with van der Waals surface area (Å²) >= 11 is 0. The third-order valence-corrected chi connectivity index (χ3v) is 6.68. The fourth-order valence-corrected chi connectivity index (χ4v) is 4.48. The third kappa shape index (κ3) is 5.93. The number of anilines is 2. The molecule has 192 valence electrons. The minimum Gasteiger partial charge on any atom is -0.476 e. The molecule has 2 aliphatic rings. The second kappa shape index (κ2) is 11.2. The molecule has 11 heteroatoms. The Kier molecular flexibility index (Phi) is 7.61. The predicted octanol–water partition coefficient (Wildman–Crippen LogP) is 1.48. The van der Waals surface area contributed by atoms with Crippen LogP contribution in [0.4, 0.5) is 22.2 Å². The summed E-state index contributed by atoms with van der Waals surface area (Å²) in [7, 11) is 0. The maximum Gasteiger partial charge on any atom is 0.332 e. The topological polar surface area (TPSA) is 118 Å². The highest BCUT2D eigenvalue weighted by molar-refractivity contribution is 6.01. The first-order chi connectivity index (χ1) is 17.5. The molecule has 4 N–H and O–H groups in total. The number of nitrogens with zero attached hydrogens (tertiary/aromatic N) is 3. The minimum absolute atomic E-state index is 0.375. The highest BCUT2D eigenvalue weighted by atomic mass is 16.5. The van der Waals surface area contributed by atoms with Crippen molar-refractivity contribution >= 4 is 34.4 Å². The highest BCUT2D eigenvalue weighted by Gasteiger charge is 2.22. The van der Waals surface area contributed by atoms with Crippen molar-refractivity contribution in [1.82, 2.24) is 19.9 Å². The fourth-order valence-electron chi connectivity index (χ4n) is 4.48. The zero-order chi connectivity index (χ0) is 24.9. The van der Waals surface area contributed by atoms with Gasteiger partial charge in [-0.1, -0.05) is 0 Å². The van der Waals surface area contributed by atoms with Crippen molar-refractivity contribution in [3.05, 3.63) is 35.5 Å². The van der Waals surface area contributed by atoms with Crippen LogP contribution in [0.1, 0.15) is 11.3 Å². The molecule has 3 aromatic rings. The van der Waals surface area contributed by atoms with E-state index in [-0.39, 0.29) is 6.03 Å². The Balaban J connectivity index is 1.28. The lowest BCUT2D eigenvalue weighted by molar-refractivity contribution is -0.847. The van der Waals surface area contributed by atoms with Crippen LogP contribution in [0.15, 0.2) is 24.3 Å². The van der Waals surface area contributed by atoms with E-state index < -0.39 is 0 Å². The van der Waals surface area contributed by atoms with Crippen LogP contribution in [0.2, 0.25) is 0 Å². The van der Waals surface area contributed by atoms with Gasteiger partial charge in [-0.2, -0.15) is 4.98 Å². The number of fused-ring (bicyclic) bond motifs is 1. The molecule has 2 aromatic heterocycles. The molecule has 4 heterocycles. The Morgan fingerprint density at radius 3 is 2.67 bits per heavy atom. The van der Waals surface area contributed by atoms with Gasteiger partial charge in [-0.25, -0.2) is 4.79 Å². The second-order valence-electron chi connectivity index (χ2n) is 9.15. The van der Waals surface area contributed by atoms with Crippen LogP contribution in [-0.2, 0) is 9.47 Å². The van der Waals surface area contributed by atoms with E-state index >= 15 is 0 Å². The Hall–Kier alpha value is -3.25. The summed E-state index contributed by atoms with van der Waals surface area (Å²) in [6.45, 7) is 11.5. The molecule has 0 spiro atoms. The maximum absolute atomic E-state index is 12.9. The standard InChI is InChI=1S/C25H33N7O4/c1-17-18(2)26-21-4-3-19(15-20(17)21)27-25(33)29-22-16-23(36-14-7-31-5-10-34-11-6-31)30-24(28-22)32-8-12-35-13-9-32/h3-4,15-16,26H,5-14H2,1-2H3,(H2,27,28,29,30,33)/p+1. The first-order valence-corrected chi connectivity index (χ1v) is 12.5. The first-order valence-electron chi connectivity index (χ1n) is 12.5. The molecule has 0 aliphatic carbocycles. The Morgan fingerprint density at radius 2 is 1.86 bits per heavy atom. The first kappa shape index (κ1) is 24.4. The second-order valence-corrected chi connectivity index (χ2v) is 9.15. The van der Waals surface area contributed by atoms with E-state index in [9.17, 15) is 4.79 Å². The van der Waals surface area contributed by atoms with Crippen molar-refractivity contribution in [2.75, 3.05) is 76.4 Å². The summed E-state index contributed by atoms with van der Waals surface area (Å²) in [5, 5.41) is 6.86. The average molecular weight is 497 g/mol. The van der Waals surface area contributed by atoms with Crippen molar-refractivity contribution in [2.45, 2.75) is 13.8 Å². The molecule has 0 unspecified atom stereocenters. The van der Waals surface area contributed by atoms with Gasteiger partial charge in [-0.05, 0) is 37.6 Å². The van der Waals surface area contributed by atoms with Gasteiger partial charge in [0, 0.05) is 48.0 Å². The monoisotopic (exact) mass is 496 g/mol. The summed E-state index contributed by atoms with van der Waals surface area (Å²) in [6.07, 6.45) is 0. The van der Waals surface area contributed by atoms with Crippen LogP contribution in [-0.4, -0.2) is 91.6 Å². The van der Waals surface area contributed by atoms with Crippen LogP contribution in [0, 0.1) is 13.8 Å². The number of quaternary nitrogens is 1. The number of hydrogen-bond acceptors (Lipinski definition) is 7. The number of ether oxygens (including phenoxy) is 3. The molecule has 1 aromatic carbocycles. The molecule has 2 fully saturated rings. The van der Waals surface area contributed by atoms with Gasteiger partial charge in [-0.3, -0.25) is 15.1 Å². The van der Waals surface area contributed by atoms with Gasteiger partial charge in [0.2, 0.25) is 5.88 Å². The molecule has 36 heavy (non-hydrogen) atoms. The predicted molar refractivity (Wildman–Crippen MR) is 136 cm³/mol. The number of hydrogen-bond donors (Lipinski definition) is 4.